The van der Waals surface area contributed by atoms with E-state index in [9.17, 15) is 14.4 Å². The first kappa shape index (κ1) is 27.2. The summed E-state index contributed by atoms with van der Waals surface area (Å²) in [5.41, 5.74) is 2.27. The van der Waals surface area contributed by atoms with Crippen LogP contribution in [-0.2, 0) is 16.2 Å². The lowest BCUT2D eigenvalue weighted by atomic mass is 10.1. The largest absolute Gasteiger partial charge is 0.490 e. The van der Waals surface area contributed by atoms with Crippen molar-refractivity contribution >= 4 is 79.1 Å². The number of benzene rings is 3. The van der Waals surface area contributed by atoms with Crippen molar-refractivity contribution in [2.24, 2.45) is 0 Å². The zero-order chi connectivity index (χ0) is 26.4. The Hall–Kier alpha value is -2.83. The van der Waals surface area contributed by atoms with Crippen molar-refractivity contribution in [3.05, 3.63) is 90.8 Å². The molecule has 0 atom stereocenters. The highest BCUT2D eigenvalue weighted by Gasteiger charge is 2.36. The lowest BCUT2D eigenvalue weighted by Crippen LogP contribution is -2.36. The molecule has 1 aliphatic rings. The number of carbonyl (C=O) groups excluding carboxylic acids is 3. The molecule has 190 valence electrons. The highest BCUT2D eigenvalue weighted by atomic mass is 127. The Labute approximate surface area is 240 Å². The molecule has 37 heavy (non-hydrogen) atoms. The molecular formula is C27H22BrIN2O5S. The van der Waals surface area contributed by atoms with Crippen LogP contribution in [-0.4, -0.2) is 35.1 Å². The fraction of sp³-hybridized carbons (Fsp3) is 0.148. The minimum atomic E-state index is -0.519. The molecule has 1 saturated heterocycles. The van der Waals surface area contributed by atoms with E-state index in [1.54, 1.807) is 30.3 Å². The summed E-state index contributed by atoms with van der Waals surface area (Å²) < 4.78 is 13.4. The fourth-order valence-electron chi connectivity index (χ4n) is 3.49. The van der Waals surface area contributed by atoms with Gasteiger partial charge in [0.25, 0.3) is 11.1 Å². The number of rotatable bonds is 9. The van der Waals surface area contributed by atoms with Crippen LogP contribution >= 0.6 is 50.3 Å². The molecule has 1 aliphatic heterocycles. The van der Waals surface area contributed by atoms with E-state index in [2.05, 4.69) is 43.8 Å². The number of imide groups is 1. The van der Waals surface area contributed by atoms with E-state index >= 15 is 0 Å². The Morgan fingerprint density at radius 1 is 1.08 bits per heavy atom. The molecule has 0 aliphatic carbocycles. The predicted octanol–water partition coefficient (Wildman–Crippen LogP) is 6.71. The van der Waals surface area contributed by atoms with Gasteiger partial charge in [0.05, 0.1) is 20.8 Å². The third-order valence-corrected chi connectivity index (χ3v) is 7.58. The number of nitrogens with zero attached hydrogens (tertiary/aromatic N) is 1. The van der Waals surface area contributed by atoms with Gasteiger partial charge in [-0.1, -0.05) is 42.5 Å². The van der Waals surface area contributed by atoms with Crippen LogP contribution in [0.1, 0.15) is 18.1 Å². The number of anilines is 1. The minimum Gasteiger partial charge on any atom is -0.490 e. The Kier molecular flexibility index (Phi) is 9.28. The molecule has 0 aromatic heterocycles. The van der Waals surface area contributed by atoms with Gasteiger partial charge in [-0.2, -0.15) is 0 Å². The summed E-state index contributed by atoms with van der Waals surface area (Å²) in [6.45, 7) is 2.32. The van der Waals surface area contributed by atoms with Crippen molar-refractivity contribution in [1.82, 2.24) is 4.90 Å². The third kappa shape index (κ3) is 6.93. The molecule has 3 aromatic rings. The summed E-state index contributed by atoms with van der Waals surface area (Å²) in [6.07, 6.45) is 1.63. The molecule has 1 fully saturated rings. The fourth-order valence-corrected chi connectivity index (χ4v) is 5.49. The maximum absolute atomic E-state index is 13.0. The highest BCUT2D eigenvalue weighted by Crippen LogP contribution is 2.38. The van der Waals surface area contributed by atoms with Gasteiger partial charge in [-0.3, -0.25) is 19.3 Å². The Morgan fingerprint density at radius 2 is 1.81 bits per heavy atom. The molecule has 10 heteroatoms. The standard InChI is InChI=1S/C27H22BrIN2O5S/c1-2-35-22-13-18(12-20(29)25(22)36-16-17-8-4-3-5-9-17)14-23-26(33)31(27(34)37-23)15-24(32)30-21-11-7-6-10-19(21)28/h3-14H,2,15-16H2,1H3,(H,30,32)/b23-14+. The number of ether oxygens (including phenoxy) is 2. The van der Waals surface area contributed by atoms with Gasteiger partial charge >= 0.3 is 0 Å². The average molecular weight is 693 g/mol. The van der Waals surface area contributed by atoms with Crippen molar-refractivity contribution in [3.63, 3.8) is 0 Å². The number of nitrogens with one attached hydrogen (secondary N) is 1. The van der Waals surface area contributed by atoms with E-state index in [-0.39, 0.29) is 11.4 Å². The second-order valence-corrected chi connectivity index (χ2v) is 10.8. The molecule has 3 aromatic carbocycles. The molecule has 0 bridgehead atoms. The van der Waals surface area contributed by atoms with E-state index < -0.39 is 17.1 Å². The number of hydrogen-bond donors (Lipinski definition) is 1. The number of para-hydroxylation sites is 1. The first-order valence-electron chi connectivity index (χ1n) is 11.3. The van der Waals surface area contributed by atoms with Gasteiger partial charge in [0, 0.05) is 4.47 Å². The number of amides is 3. The molecular weight excluding hydrogens is 671 g/mol. The summed E-state index contributed by atoms with van der Waals surface area (Å²) in [5.74, 6) is 0.169. The van der Waals surface area contributed by atoms with Gasteiger partial charge in [-0.15, -0.1) is 0 Å². The van der Waals surface area contributed by atoms with E-state index in [0.717, 1.165) is 25.8 Å². The molecule has 1 heterocycles. The normalized spacial score (nSPS) is 14.2. The van der Waals surface area contributed by atoms with Gasteiger partial charge < -0.3 is 14.8 Å². The molecule has 0 spiro atoms. The van der Waals surface area contributed by atoms with Crippen molar-refractivity contribution < 1.29 is 23.9 Å². The number of thioether (sulfide) groups is 1. The van der Waals surface area contributed by atoms with Crippen molar-refractivity contribution in [1.29, 1.82) is 0 Å². The second-order valence-electron chi connectivity index (χ2n) is 7.83. The zero-order valence-electron chi connectivity index (χ0n) is 19.7. The zero-order valence-corrected chi connectivity index (χ0v) is 24.3. The lowest BCUT2D eigenvalue weighted by molar-refractivity contribution is -0.127. The number of carbonyl (C=O) groups is 3. The number of hydrogen-bond acceptors (Lipinski definition) is 6. The molecule has 0 radical (unpaired) electrons. The Balaban J connectivity index is 1.49. The monoisotopic (exact) mass is 692 g/mol. The molecule has 7 nitrogen and oxygen atoms in total. The summed E-state index contributed by atoms with van der Waals surface area (Å²) >= 11 is 6.32. The van der Waals surface area contributed by atoms with Crippen molar-refractivity contribution in [2.75, 3.05) is 18.5 Å². The summed E-state index contributed by atoms with van der Waals surface area (Å²) in [6, 6.07) is 20.6. The van der Waals surface area contributed by atoms with Crippen LogP contribution in [0.5, 0.6) is 11.5 Å². The van der Waals surface area contributed by atoms with Crippen LogP contribution in [0.4, 0.5) is 10.5 Å². The van der Waals surface area contributed by atoms with E-state index in [4.69, 9.17) is 9.47 Å². The maximum atomic E-state index is 13.0. The van der Waals surface area contributed by atoms with Crippen molar-refractivity contribution in [2.45, 2.75) is 13.5 Å². The van der Waals surface area contributed by atoms with Crippen LogP contribution in [0.15, 0.2) is 76.1 Å². The van der Waals surface area contributed by atoms with Crippen LogP contribution in [0.3, 0.4) is 0 Å². The van der Waals surface area contributed by atoms with E-state index in [0.29, 0.717) is 40.4 Å². The average Bonchev–Trinajstić information content (AvgIpc) is 3.13. The summed E-state index contributed by atoms with van der Waals surface area (Å²) in [5, 5.41) is 2.21. The molecule has 0 unspecified atom stereocenters. The second kappa shape index (κ2) is 12.6. The maximum Gasteiger partial charge on any atom is 0.294 e. The molecule has 1 N–H and O–H groups in total. The lowest BCUT2D eigenvalue weighted by Gasteiger charge is -2.15. The molecule has 3 amide bonds. The Morgan fingerprint density at radius 3 is 2.54 bits per heavy atom. The van der Waals surface area contributed by atoms with Gasteiger partial charge in [0.15, 0.2) is 11.5 Å². The predicted molar refractivity (Wildman–Crippen MR) is 157 cm³/mol. The first-order valence-corrected chi connectivity index (χ1v) is 14.0. The summed E-state index contributed by atoms with van der Waals surface area (Å²) in [7, 11) is 0. The SMILES string of the molecule is CCOc1cc(/C=C2/SC(=O)N(CC(=O)Nc3ccccc3Br)C2=O)cc(I)c1OCc1ccccc1. The quantitative estimate of drug-likeness (QED) is 0.198. The van der Waals surface area contributed by atoms with Gasteiger partial charge in [-0.25, -0.2) is 0 Å². The molecule has 4 rings (SSSR count). The van der Waals surface area contributed by atoms with Crippen molar-refractivity contribution in [3.8, 4) is 11.5 Å². The topological polar surface area (TPSA) is 84.9 Å². The van der Waals surface area contributed by atoms with Crippen LogP contribution < -0.4 is 14.8 Å². The van der Waals surface area contributed by atoms with Crippen LogP contribution in [0, 0.1) is 3.57 Å². The number of halogens is 2. The van der Waals surface area contributed by atoms with E-state index in [1.807, 2.05) is 49.4 Å². The Bertz CT molecular complexity index is 1370. The minimum absolute atomic E-state index is 0.231. The van der Waals surface area contributed by atoms with E-state index in [1.165, 1.54) is 0 Å². The highest BCUT2D eigenvalue weighted by molar-refractivity contribution is 14.1. The van der Waals surface area contributed by atoms with Crippen LogP contribution in [0.25, 0.3) is 6.08 Å². The van der Waals surface area contributed by atoms with Gasteiger partial charge in [-0.05, 0) is 98.7 Å². The summed E-state index contributed by atoms with van der Waals surface area (Å²) in [4.78, 5) is 39.2. The third-order valence-electron chi connectivity index (χ3n) is 5.18. The smallest absolute Gasteiger partial charge is 0.294 e. The van der Waals surface area contributed by atoms with Gasteiger partial charge in [0.2, 0.25) is 5.91 Å². The first-order chi connectivity index (χ1) is 17.9. The van der Waals surface area contributed by atoms with Crippen LogP contribution in [0.2, 0.25) is 0 Å². The van der Waals surface area contributed by atoms with Gasteiger partial charge in [0.1, 0.15) is 13.2 Å². The molecule has 0 saturated carbocycles.